The number of nitrogens with two attached hydrogens (primary N) is 1. The van der Waals surface area contributed by atoms with E-state index in [9.17, 15) is 13.2 Å². The summed E-state index contributed by atoms with van der Waals surface area (Å²) in [5, 5.41) is 3.39. The molecule has 118 valence electrons. The molecule has 0 atom stereocenters. The van der Waals surface area contributed by atoms with Crippen molar-refractivity contribution in [2.45, 2.75) is 12.8 Å². The van der Waals surface area contributed by atoms with Crippen LogP contribution < -0.4 is 20.7 Å². The highest BCUT2D eigenvalue weighted by Gasteiger charge is 2.21. The van der Waals surface area contributed by atoms with Crippen LogP contribution in [-0.4, -0.2) is 51.7 Å². The minimum Gasteiger partial charge on any atom is -0.382 e. The van der Waals surface area contributed by atoms with Crippen molar-refractivity contribution in [2.24, 2.45) is 0 Å². The molecule has 2 heterocycles. The quantitative estimate of drug-likeness (QED) is 0.610. The zero-order chi connectivity index (χ0) is 15.5. The van der Waals surface area contributed by atoms with Crippen molar-refractivity contribution < 1.29 is 13.2 Å². The smallest absolute Gasteiger partial charge is 0.265 e. The molecule has 0 spiro atoms. The van der Waals surface area contributed by atoms with E-state index in [1.807, 2.05) is 0 Å². The first kappa shape index (κ1) is 16.0. The first-order valence-corrected chi connectivity index (χ1v) is 9.32. The number of sulfonamides is 1. The number of aromatic nitrogens is 1. The number of thiazole rings is 1. The number of nitrogens with zero attached hydrogens (tertiary/aromatic N) is 2. The molecule has 21 heavy (non-hydrogen) atoms. The second kappa shape index (κ2) is 6.58. The summed E-state index contributed by atoms with van der Waals surface area (Å²) in [7, 11) is -3.24. The van der Waals surface area contributed by atoms with Crippen LogP contribution in [0, 0.1) is 0 Å². The SMILES string of the molecule is CS(=O)(=O)NCCNC(=O)c1sc(N2CCCC2)nc1N. The predicted molar refractivity (Wildman–Crippen MR) is 83.2 cm³/mol. The van der Waals surface area contributed by atoms with Crippen molar-refractivity contribution in [3.63, 3.8) is 0 Å². The molecule has 1 aromatic rings. The molecule has 0 radical (unpaired) electrons. The Kier molecular flexibility index (Phi) is 5.01. The number of carbonyl (C=O) groups excluding carboxylic acids is 1. The highest BCUT2D eigenvalue weighted by atomic mass is 32.2. The maximum absolute atomic E-state index is 12.0. The van der Waals surface area contributed by atoms with Crippen LogP contribution in [0.25, 0.3) is 0 Å². The van der Waals surface area contributed by atoms with Crippen LogP contribution >= 0.6 is 11.3 Å². The van der Waals surface area contributed by atoms with Gasteiger partial charge >= 0.3 is 0 Å². The van der Waals surface area contributed by atoms with E-state index >= 15 is 0 Å². The summed E-state index contributed by atoms with van der Waals surface area (Å²) >= 11 is 1.27. The number of rotatable bonds is 6. The normalized spacial score (nSPS) is 15.4. The molecule has 0 unspecified atom stereocenters. The van der Waals surface area contributed by atoms with E-state index < -0.39 is 10.0 Å². The second-order valence-corrected chi connectivity index (χ2v) is 7.64. The molecule has 1 aliphatic rings. The Morgan fingerprint density at radius 2 is 2.05 bits per heavy atom. The molecule has 2 rings (SSSR count). The summed E-state index contributed by atoms with van der Waals surface area (Å²) in [6, 6.07) is 0. The number of carbonyl (C=O) groups is 1. The van der Waals surface area contributed by atoms with Gasteiger partial charge in [-0.05, 0) is 12.8 Å². The molecule has 0 saturated carbocycles. The summed E-state index contributed by atoms with van der Waals surface area (Å²) in [5.74, 6) is -0.110. The van der Waals surface area contributed by atoms with Gasteiger partial charge in [0.1, 0.15) is 10.7 Å². The molecular weight excluding hydrogens is 314 g/mol. The van der Waals surface area contributed by atoms with Gasteiger partial charge in [-0.3, -0.25) is 4.79 Å². The molecule has 0 aliphatic carbocycles. The molecule has 4 N–H and O–H groups in total. The fraction of sp³-hybridized carbons (Fsp3) is 0.636. The van der Waals surface area contributed by atoms with Gasteiger partial charge in [0.2, 0.25) is 10.0 Å². The van der Waals surface area contributed by atoms with Gasteiger partial charge in [0.05, 0.1) is 6.26 Å². The monoisotopic (exact) mass is 333 g/mol. The van der Waals surface area contributed by atoms with Gasteiger partial charge in [0, 0.05) is 26.2 Å². The van der Waals surface area contributed by atoms with Gasteiger partial charge in [-0.25, -0.2) is 18.1 Å². The van der Waals surface area contributed by atoms with E-state index in [1.165, 1.54) is 11.3 Å². The van der Waals surface area contributed by atoms with E-state index in [0.717, 1.165) is 37.3 Å². The van der Waals surface area contributed by atoms with Crippen LogP contribution in [0.5, 0.6) is 0 Å². The van der Waals surface area contributed by atoms with Crippen LogP contribution in [0.4, 0.5) is 10.9 Å². The minimum absolute atomic E-state index is 0.141. The molecule has 1 aliphatic heterocycles. The first-order valence-electron chi connectivity index (χ1n) is 6.61. The van der Waals surface area contributed by atoms with Crippen molar-refractivity contribution >= 4 is 38.2 Å². The summed E-state index contributed by atoms with van der Waals surface area (Å²) in [6.07, 6.45) is 3.31. The highest BCUT2D eigenvalue weighted by Crippen LogP contribution is 2.30. The molecule has 10 heteroatoms. The Balaban J connectivity index is 1.90. The number of nitrogens with one attached hydrogen (secondary N) is 2. The van der Waals surface area contributed by atoms with Crippen LogP contribution in [0.3, 0.4) is 0 Å². The third kappa shape index (κ3) is 4.55. The lowest BCUT2D eigenvalue weighted by Gasteiger charge is -2.11. The Bertz CT molecular complexity index is 607. The van der Waals surface area contributed by atoms with Gasteiger partial charge < -0.3 is 16.0 Å². The van der Waals surface area contributed by atoms with Gasteiger partial charge in [0.15, 0.2) is 5.13 Å². The van der Waals surface area contributed by atoms with Crippen LogP contribution in [0.15, 0.2) is 0 Å². The van der Waals surface area contributed by atoms with Crippen molar-refractivity contribution in [3.05, 3.63) is 4.88 Å². The molecular formula is C11H19N5O3S2. The van der Waals surface area contributed by atoms with Crippen molar-refractivity contribution in [2.75, 3.05) is 43.1 Å². The lowest BCUT2D eigenvalue weighted by atomic mass is 10.4. The molecule has 0 aromatic carbocycles. The summed E-state index contributed by atoms with van der Waals surface area (Å²) in [5.41, 5.74) is 5.78. The standard InChI is InChI=1S/C11H19N5O3S2/c1-21(18,19)14-5-4-13-10(17)8-9(12)15-11(20-8)16-6-2-3-7-16/h14H,2-7,12H2,1H3,(H,13,17). The molecule has 0 bridgehead atoms. The number of nitrogen functional groups attached to an aromatic ring is 1. The topological polar surface area (TPSA) is 117 Å². The highest BCUT2D eigenvalue weighted by molar-refractivity contribution is 7.88. The van der Waals surface area contributed by atoms with Crippen LogP contribution in [0.1, 0.15) is 22.5 Å². The van der Waals surface area contributed by atoms with Crippen molar-refractivity contribution in [1.29, 1.82) is 0 Å². The fourth-order valence-electron chi connectivity index (χ4n) is 2.02. The zero-order valence-corrected chi connectivity index (χ0v) is 13.4. The van der Waals surface area contributed by atoms with E-state index in [1.54, 1.807) is 0 Å². The second-order valence-electron chi connectivity index (χ2n) is 4.83. The lowest BCUT2D eigenvalue weighted by Crippen LogP contribution is -2.34. The molecule has 1 fully saturated rings. The zero-order valence-electron chi connectivity index (χ0n) is 11.8. The largest absolute Gasteiger partial charge is 0.382 e. The average molecular weight is 333 g/mol. The maximum atomic E-state index is 12.0. The third-order valence-electron chi connectivity index (χ3n) is 3.00. The van der Waals surface area contributed by atoms with Crippen molar-refractivity contribution in [1.82, 2.24) is 15.0 Å². The number of amides is 1. The Morgan fingerprint density at radius 1 is 1.38 bits per heavy atom. The predicted octanol–water partition coefficient (Wildman–Crippen LogP) is -0.395. The summed E-state index contributed by atoms with van der Waals surface area (Å²) in [4.78, 5) is 18.7. The Labute approximate surface area is 127 Å². The maximum Gasteiger partial charge on any atom is 0.265 e. The Hall–Kier alpha value is -1.39. The molecule has 1 amide bonds. The molecule has 8 nitrogen and oxygen atoms in total. The minimum atomic E-state index is -3.24. The molecule has 1 saturated heterocycles. The van der Waals surface area contributed by atoms with Crippen LogP contribution in [0.2, 0.25) is 0 Å². The van der Waals surface area contributed by atoms with Crippen LogP contribution in [-0.2, 0) is 10.0 Å². The van der Waals surface area contributed by atoms with Gasteiger partial charge in [-0.1, -0.05) is 11.3 Å². The van der Waals surface area contributed by atoms with E-state index in [0.29, 0.717) is 4.88 Å². The summed E-state index contributed by atoms with van der Waals surface area (Å²) < 4.78 is 24.1. The van der Waals surface area contributed by atoms with Gasteiger partial charge in [-0.15, -0.1) is 0 Å². The average Bonchev–Trinajstić information content (AvgIpc) is 3.02. The van der Waals surface area contributed by atoms with E-state index in [-0.39, 0.29) is 24.8 Å². The first-order chi connectivity index (χ1) is 9.87. The van der Waals surface area contributed by atoms with E-state index in [2.05, 4.69) is 19.9 Å². The van der Waals surface area contributed by atoms with Crippen molar-refractivity contribution in [3.8, 4) is 0 Å². The number of hydrogen-bond donors (Lipinski definition) is 3. The molecule has 1 aromatic heterocycles. The van der Waals surface area contributed by atoms with Gasteiger partial charge in [-0.2, -0.15) is 0 Å². The van der Waals surface area contributed by atoms with E-state index in [4.69, 9.17) is 5.73 Å². The summed E-state index contributed by atoms with van der Waals surface area (Å²) in [6.45, 7) is 2.21. The van der Waals surface area contributed by atoms with Gasteiger partial charge in [0.25, 0.3) is 5.91 Å². The number of hydrogen-bond acceptors (Lipinski definition) is 7. The number of anilines is 2. The lowest BCUT2D eigenvalue weighted by molar-refractivity contribution is 0.0959. The Morgan fingerprint density at radius 3 is 2.67 bits per heavy atom. The third-order valence-corrected chi connectivity index (χ3v) is 4.86. The fourth-order valence-corrected chi connectivity index (χ4v) is 3.45.